The first-order valence-corrected chi connectivity index (χ1v) is 5.86. The van der Waals surface area contributed by atoms with Crippen LogP contribution in [0.2, 0.25) is 5.02 Å². The van der Waals surface area contributed by atoms with Gasteiger partial charge in [-0.25, -0.2) is 4.39 Å². The van der Waals surface area contributed by atoms with E-state index in [1.165, 1.54) is 13.0 Å². The minimum Gasteiger partial charge on any atom is -0.489 e. The summed E-state index contributed by atoms with van der Waals surface area (Å²) in [5.74, 6) is -0.648. The highest BCUT2D eigenvalue weighted by Gasteiger charge is 2.20. The Balaban J connectivity index is 3.41. The summed E-state index contributed by atoms with van der Waals surface area (Å²) in [5.41, 5.74) is 0.270. The van der Waals surface area contributed by atoms with Crippen LogP contribution in [0.25, 0.3) is 0 Å². The van der Waals surface area contributed by atoms with Crippen molar-refractivity contribution in [1.82, 2.24) is 0 Å². The Bertz CT molecular complexity index is 432. The van der Waals surface area contributed by atoms with Crippen LogP contribution < -0.4 is 4.74 Å². The van der Waals surface area contributed by atoms with Crippen molar-refractivity contribution >= 4 is 33.3 Å². The van der Waals surface area contributed by atoms with E-state index in [4.69, 9.17) is 16.3 Å². The molecule has 0 bridgehead atoms. The molecule has 1 rings (SSSR count). The smallest absolute Gasteiger partial charge is 0.163 e. The second-order valence-corrected chi connectivity index (χ2v) is 4.79. The zero-order valence-electron chi connectivity index (χ0n) is 9.11. The van der Waals surface area contributed by atoms with Crippen LogP contribution in [-0.2, 0) is 0 Å². The maximum absolute atomic E-state index is 13.5. The predicted molar refractivity (Wildman–Crippen MR) is 64.9 cm³/mol. The molecule has 1 aromatic rings. The zero-order valence-corrected chi connectivity index (χ0v) is 11.4. The lowest BCUT2D eigenvalue weighted by atomic mass is 10.1. The minimum absolute atomic E-state index is 0.0823. The number of hydrogen-bond acceptors (Lipinski definition) is 2. The van der Waals surface area contributed by atoms with E-state index >= 15 is 0 Å². The molecule has 16 heavy (non-hydrogen) atoms. The SMILES string of the molecule is CC(=O)c1cc(Cl)c(F)c(Br)c1OC(C)C. The third-order valence-corrected chi connectivity index (χ3v) is 2.83. The molecule has 0 saturated carbocycles. The topological polar surface area (TPSA) is 26.3 Å². The number of hydrogen-bond donors (Lipinski definition) is 0. The number of carbonyl (C=O) groups is 1. The summed E-state index contributed by atoms with van der Waals surface area (Å²) < 4.78 is 19.0. The maximum atomic E-state index is 13.5. The number of ether oxygens (including phenoxy) is 1. The van der Waals surface area contributed by atoms with Gasteiger partial charge in [0.25, 0.3) is 0 Å². The summed E-state index contributed by atoms with van der Waals surface area (Å²) in [6.07, 6.45) is -0.157. The maximum Gasteiger partial charge on any atom is 0.163 e. The second-order valence-electron chi connectivity index (χ2n) is 3.59. The summed E-state index contributed by atoms with van der Waals surface area (Å²) in [6.45, 7) is 4.97. The van der Waals surface area contributed by atoms with Crippen LogP contribution in [0.4, 0.5) is 4.39 Å². The molecule has 0 aliphatic carbocycles. The van der Waals surface area contributed by atoms with Crippen LogP contribution >= 0.6 is 27.5 Å². The molecular formula is C11H11BrClFO2. The van der Waals surface area contributed by atoms with Gasteiger partial charge < -0.3 is 4.74 Å². The largest absolute Gasteiger partial charge is 0.489 e. The second kappa shape index (κ2) is 5.15. The number of Topliss-reactive ketones (excluding diaryl/α,β-unsaturated/α-hetero) is 1. The molecule has 0 spiro atoms. The number of ketones is 1. The summed E-state index contributed by atoms with van der Waals surface area (Å²) in [4.78, 5) is 11.4. The Morgan fingerprint density at radius 3 is 2.56 bits per heavy atom. The van der Waals surface area contributed by atoms with E-state index in [0.717, 1.165) is 0 Å². The Kier molecular flexibility index (Phi) is 4.33. The number of carbonyl (C=O) groups excluding carboxylic acids is 1. The van der Waals surface area contributed by atoms with Crippen LogP contribution in [0.1, 0.15) is 31.1 Å². The fourth-order valence-electron chi connectivity index (χ4n) is 1.19. The lowest BCUT2D eigenvalue weighted by molar-refractivity contribution is 0.101. The van der Waals surface area contributed by atoms with Gasteiger partial charge in [0, 0.05) is 0 Å². The van der Waals surface area contributed by atoms with Crippen molar-refractivity contribution in [3.8, 4) is 5.75 Å². The molecule has 5 heteroatoms. The molecule has 0 aliphatic heterocycles. The van der Waals surface area contributed by atoms with Gasteiger partial charge in [0.2, 0.25) is 0 Å². The van der Waals surface area contributed by atoms with Crippen molar-refractivity contribution in [3.05, 3.63) is 26.9 Å². The summed E-state index contributed by atoms with van der Waals surface area (Å²) in [7, 11) is 0. The average Bonchev–Trinajstić information content (AvgIpc) is 2.17. The van der Waals surface area contributed by atoms with Gasteiger partial charge in [-0.15, -0.1) is 0 Å². The monoisotopic (exact) mass is 308 g/mol. The van der Waals surface area contributed by atoms with Crippen molar-refractivity contribution in [1.29, 1.82) is 0 Å². The van der Waals surface area contributed by atoms with E-state index in [2.05, 4.69) is 15.9 Å². The highest BCUT2D eigenvalue weighted by atomic mass is 79.9. The van der Waals surface area contributed by atoms with Gasteiger partial charge in [-0.2, -0.15) is 0 Å². The Hall–Kier alpha value is -0.610. The predicted octanol–water partition coefficient (Wildman–Crippen LogP) is 4.23. The Morgan fingerprint density at radius 1 is 1.56 bits per heavy atom. The molecule has 0 N–H and O–H groups in total. The highest BCUT2D eigenvalue weighted by molar-refractivity contribution is 9.10. The van der Waals surface area contributed by atoms with Crippen LogP contribution in [-0.4, -0.2) is 11.9 Å². The van der Waals surface area contributed by atoms with Gasteiger partial charge in [0.1, 0.15) is 5.75 Å². The molecule has 1 aromatic carbocycles. The van der Waals surface area contributed by atoms with Gasteiger partial charge in [-0.05, 0) is 42.8 Å². The van der Waals surface area contributed by atoms with E-state index < -0.39 is 5.82 Å². The molecular weight excluding hydrogens is 298 g/mol. The van der Waals surface area contributed by atoms with E-state index in [0.29, 0.717) is 0 Å². The van der Waals surface area contributed by atoms with Gasteiger partial charge in [0.15, 0.2) is 11.6 Å². The molecule has 0 amide bonds. The van der Waals surface area contributed by atoms with E-state index in [1.54, 1.807) is 13.8 Å². The molecule has 0 radical (unpaired) electrons. The molecule has 88 valence electrons. The fraction of sp³-hybridized carbons (Fsp3) is 0.364. The fourth-order valence-corrected chi connectivity index (χ4v) is 2.03. The van der Waals surface area contributed by atoms with Crippen LogP contribution in [0.3, 0.4) is 0 Å². The van der Waals surface area contributed by atoms with E-state index in [-0.39, 0.29) is 32.7 Å². The summed E-state index contributed by atoms with van der Waals surface area (Å²) in [5, 5.41) is -0.104. The molecule has 0 saturated heterocycles. The first kappa shape index (κ1) is 13.5. The first-order chi connectivity index (χ1) is 7.34. The van der Waals surface area contributed by atoms with Gasteiger partial charge in [-0.3, -0.25) is 4.79 Å². The highest BCUT2D eigenvalue weighted by Crippen LogP contribution is 2.36. The molecule has 0 atom stereocenters. The average molecular weight is 310 g/mol. The van der Waals surface area contributed by atoms with Crippen molar-refractivity contribution < 1.29 is 13.9 Å². The number of benzene rings is 1. The van der Waals surface area contributed by atoms with Crippen molar-refractivity contribution in [3.63, 3.8) is 0 Å². The van der Waals surface area contributed by atoms with Crippen molar-refractivity contribution in [2.45, 2.75) is 26.9 Å². The van der Waals surface area contributed by atoms with E-state index in [9.17, 15) is 9.18 Å². The van der Waals surface area contributed by atoms with Crippen molar-refractivity contribution in [2.24, 2.45) is 0 Å². The van der Waals surface area contributed by atoms with Crippen molar-refractivity contribution in [2.75, 3.05) is 0 Å². The molecule has 0 aliphatic rings. The summed E-state index contributed by atoms with van der Waals surface area (Å²) in [6, 6.07) is 1.28. The normalized spacial score (nSPS) is 10.7. The molecule has 0 aromatic heterocycles. The third kappa shape index (κ3) is 2.74. The lowest BCUT2D eigenvalue weighted by Crippen LogP contribution is -2.10. The van der Waals surface area contributed by atoms with E-state index in [1.807, 2.05) is 0 Å². The van der Waals surface area contributed by atoms with Gasteiger partial charge >= 0.3 is 0 Å². The quantitative estimate of drug-likeness (QED) is 0.617. The van der Waals surface area contributed by atoms with Crippen LogP contribution in [0.5, 0.6) is 5.75 Å². The van der Waals surface area contributed by atoms with Gasteiger partial charge in [0.05, 0.1) is 21.2 Å². The summed E-state index contributed by atoms with van der Waals surface area (Å²) >= 11 is 8.70. The minimum atomic E-state index is -0.623. The van der Waals surface area contributed by atoms with Gasteiger partial charge in [-0.1, -0.05) is 11.6 Å². The molecule has 2 nitrogen and oxygen atoms in total. The number of rotatable bonds is 3. The lowest BCUT2D eigenvalue weighted by Gasteiger charge is -2.15. The Labute approximate surface area is 107 Å². The van der Waals surface area contributed by atoms with Crippen LogP contribution in [0, 0.1) is 5.82 Å². The van der Waals surface area contributed by atoms with Crippen LogP contribution in [0.15, 0.2) is 10.5 Å². The number of halogens is 3. The molecule has 0 heterocycles. The molecule has 0 unspecified atom stereocenters. The standard InChI is InChI=1S/C11H11BrClFO2/c1-5(2)16-11-7(6(3)15)4-8(13)10(14)9(11)12/h4-5H,1-3H3. The third-order valence-electron chi connectivity index (χ3n) is 1.85. The molecule has 0 fully saturated rings. The Morgan fingerprint density at radius 2 is 2.12 bits per heavy atom. The first-order valence-electron chi connectivity index (χ1n) is 4.69. The zero-order chi connectivity index (χ0) is 12.5.